The van der Waals surface area contributed by atoms with Crippen molar-refractivity contribution in [2.24, 2.45) is 5.92 Å². The Bertz CT molecular complexity index is 1050. The number of aryl methyl sites for hydroxylation is 1. The van der Waals surface area contributed by atoms with Crippen LogP contribution in [-0.2, 0) is 5.41 Å². The summed E-state index contributed by atoms with van der Waals surface area (Å²) in [6.45, 7) is 8.28. The lowest BCUT2D eigenvalue weighted by Crippen LogP contribution is -2.33. The van der Waals surface area contributed by atoms with Gasteiger partial charge in [-0.2, -0.15) is 0 Å². The number of hydrogen-bond acceptors (Lipinski definition) is 0. The van der Waals surface area contributed by atoms with Crippen molar-refractivity contribution in [3.63, 3.8) is 0 Å². The van der Waals surface area contributed by atoms with Crippen molar-refractivity contribution >= 4 is 0 Å². The summed E-state index contributed by atoms with van der Waals surface area (Å²) in [5.41, 5.74) is 7.95. The summed E-state index contributed by atoms with van der Waals surface area (Å²) in [6, 6.07) is 26.8. The average Bonchev–Trinajstić information content (AvgIpc) is 3.02. The summed E-state index contributed by atoms with van der Waals surface area (Å²) in [6.07, 6.45) is 10.3. The quantitative estimate of drug-likeness (QED) is 0.419. The molecule has 0 aliphatic heterocycles. The number of rotatable bonds is 5. The van der Waals surface area contributed by atoms with Gasteiger partial charge in [-0.15, -0.1) is 0 Å². The number of allylic oxidation sites excluding steroid dienone is 5. The first-order valence-electron chi connectivity index (χ1n) is 9.92. The van der Waals surface area contributed by atoms with E-state index in [2.05, 4.69) is 111 Å². The van der Waals surface area contributed by atoms with Gasteiger partial charge < -0.3 is 0 Å². The topological polar surface area (TPSA) is 0 Å². The van der Waals surface area contributed by atoms with E-state index in [9.17, 15) is 0 Å². The van der Waals surface area contributed by atoms with Gasteiger partial charge >= 0.3 is 0 Å². The van der Waals surface area contributed by atoms with E-state index in [0.29, 0.717) is 0 Å². The zero-order valence-corrected chi connectivity index (χ0v) is 16.6. The maximum atomic E-state index is 3.76. The highest BCUT2D eigenvalue weighted by Gasteiger charge is 2.47. The Hall–Kier alpha value is -3.12. The molecule has 3 aromatic rings. The number of benzene rings is 3. The lowest BCUT2D eigenvalue weighted by atomic mass is 9.64. The molecule has 0 saturated heterocycles. The van der Waals surface area contributed by atoms with E-state index in [4.69, 9.17) is 0 Å². The van der Waals surface area contributed by atoms with Gasteiger partial charge in [0.2, 0.25) is 0 Å². The molecule has 0 heteroatoms. The Morgan fingerprint density at radius 2 is 1.50 bits per heavy atom. The number of hydrogen-bond donors (Lipinski definition) is 0. The molecule has 0 amide bonds. The zero-order chi connectivity index (χ0) is 19.6. The van der Waals surface area contributed by atoms with Crippen LogP contribution >= 0.6 is 0 Å². The van der Waals surface area contributed by atoms with Crippen LogP contribution in [0.1, 0.15) is 29.2 Å². The second-order valence-corrected chi connectivity index (χ2v) is 7.56. The van der Waals surface area contributed by atoms with Crippen LogP contribution in [0.25, 0.3) is 11.1 Å². The summed E-state index contributed by atoms with van der Waals surface area (Å²) in [5, 5.41) is 0. The molecule has 1 aliphatic rings. The summed E-state index contributed by atoms with van der Waals surface area (Å²) in [4.78, 5) is 0. The maximum absolute atomic E-state index is 3.76. The van der Waals surface area contributed by atoms with Crippen LogP contribution in [0.15, 0.2) is 110 Å². The molecule has 0 spiro atoms. The van der Waals surface area contributed by atoms with E-state index in [1.165, 1.54) is 33.4 Å². The van der Waals surface area contributed by atoms with Crippen molar-refractivity contribution in [3.8, 4) is 11.1 Å². The molecule has 1 aliphatic carbocycles. The molecule has 0 fully saturated rings. The summed E-state index contributed by atoms with van der Waals surface area (Å²) in [7, 11) is 0. The van der Waals surface area contributed by atoms with E-state index in [-0.39, 0.29) is 11.3 Å². The minimum Gasteiger partial charge on any atom is -0.0991 e. The van der Waals surface area contributed by atoms with Crippen LogP contribution in [-0.4, -0.2) is 0 Å². The van der Waals surface area contributed by atoms with Gasteiger partial charge in [0, 0.05) is 0 Å². The normalized spacial score (nSPS) is 18.9. The van der Waals surface area contributed by atoms with Crippen LogP contribution < -0.4 is 0 Å². The molecule has 2 atom stereocenters. The molecule has 0 saturated carbocycles. The van der Waals surface area contributed by atoms with E-state index in [1.807, 2.05) is 12.2 Å². The molecule has 4 rings (SSSR count). The van der Waals surface area contributed by atoms with Crippen molar-refractivity contribution in [2.45, 2.75) is 19.3 Å². The molecule has 2 unspecified atom stereocenters. The van der Waals surface area contributed by atoms with E-state index >= 15 is 0 Å². The lowest BCUT2D eigenvalue weighted by molar-refractivity contribution is 0.492. The fraction of sp³-hybridized carbons (Fsp3) is 0.143. The summed E-state index contributed by atoms with van der Waals surface area (Å²) >= 11 is 0. The van der Waals surface area contributed by atoms with Crippen molar-refractivity contribution < 1.29 is 0 Å². The maximum Gasteiger partial charge on any atom is 0.0523 e. The third-order valence-corrected chi connectivity index (χ3v) is 5.91. The van der Waals surface area contributed by atoms with E-state index in [1.54, 1.807) is 0 Å². The molecule has 0 aromatic heterocycles. The van der Waals surface area contributed by atoms with E-state index < -0.39 is 0 Å². The molecule has 0 bridgehead atoms. The highest BCUT2D eigenvalue weighted by atomic mass is 14.5. The van der Waals surface area contributed by atoms with Gasteiger partial charge in [0.15, 0.2) is 0 Å². The predicted octanol–water partition coefficient (Wildman–Crippen LogP) is 7.24. The Kier molecular flexibility index (Phi) is 4.88. The average molecular weight is 363 g/mol. The predicted molar refractivity (Wildman–Crippen MR) is 121 cm³/mol. The Morgan fingerprint density at radius 1 is 0.786 bits per heavy atom. The second kappa shape index (κ2) is 7.48. The van der Waals surface area contributed by atoms with Crippen molar-refractivity contribution in [2.75, 3.05) is 0 Å². The minimum absolute atomic E-state index is 0.197. The van der Waals surface area contributed by atoms with Gasteiger partial charge in [0.05, 0.1) is 5.41 Å². The molecule has 0 radical (unpaired) electrons. The van der Waals surface area contributed by atoms with Crippen LogP contribution in [0.4, 0.5) is 0 Å². The molecule has 0 N–H and O–H groups in total. The minimum atomic E-state index is -0.197. The van der Waals surface area contributed by atoms with Crippen molar-refractivity contribution in [1.29, 1.82) is 0 Å². The Labute approximate surface area is 168 Å². The first-order valence-corrected chi connectivity index (χ1v) is 9.92. The smallest absolute Gasteiger partial charge is 0.0523 e. The van der Waals surface area contributed by atoms with E-state index in [0.717, 1.165) is 0 Å². The fourth-order valence-electron chi connectivity index (χ4n) is 4.71. The highest BCUT2D eigenvalue weighted by Crippen LogP contribution is 2.56. The molecule has 3 aromatic carbocycles. The van der Waals surface area contributed by atoms with Crippen molar-refractivity contribution in [3.05, 3.63) is 132 Å². The molecule has 28 heavy (non-hydrogen) atoms. The monoisotopic (exact) mass is 362 g/mol. The van der Waals surface area contributed by atoms with Gasteiger partial charge in [-0.05, 0) is 40.7 Å². The largest absolute Gasteiger partial charge is 0.0991 e. The van der Waals surface area contributed by atoms with Gasteiger partial charge in [-0.1, -0.05) is 122 Å². The molecule has 138 valence electrons. The molecular weight excluding hydrogens is 336 g/mol. The molecule has 0 nitrogen and oxygen atoms in total. The van der Waals surface area contributed by atoms with Gasteiger partial charge in [-0.25, -0.2) is 0 Å². The molecular formula is C28H26. The molecule has 0 heterocycles. The fourth-order valence-corrected chi connectivity index (χ4v) is 4.71. The first kappa shape index (κ1) is 18.3. The Morgan fingerprint density at radius 3 is 2.29 bits per heavy atom. The van der Waals surface area contributed by atoms with Gasteiger partial charge in [0.25, 0.3) is 0 Å². The van der Waals surface area contributed by atoms with Crippen LogP contribution in [0.5, 0.6) is 0 Å². The number of fused-ring (bicyclic) bond motifs is 3. The Balaban J connectivity index is 2.04. The zero-order valence-electron chi connectivity index (χ0n) is 16.6. The summed E-state index contributed by atoms with van der Waals surface area (Å²) < 4.78 is 0. The standard InChI is InChI=1S/C28H26/c1-4-5-6-8-13-22(3)28(23-14-9-7-10-15-23)26-17-12-11-16-24(26)25-19-18-21(2)20-27(25)28/h4-20,22H,1H2,2-3H3/b6-5-,13-8-. The SMILES string of the molecule is C=C/C=C\C=C/C(C)C1(c2ccccc2)c2ccccc2-c2ccc(C)cc21. The van der Waals surface area contributed by atoms with Crippen LogP contribution in [0.3, 0.4) is 0 Å². The third-order valence-electron chi connectivity index (χ3n) is 5.91. The van der Waals surface area contributed by atoms with Crippen LogP contribution in [0.2, 0.25) is 0 Å². The second-order valence-electron chi connectivity index (χ2n) is 7.56. The van der Waals surface area contributed by atoms with Crippen molar-refractivity contribution in [1.82, 2.24) is 0 Å². The lowest BCUT2D eigenvalue weighted by Gasteiger charge is -2.37. The summed E-state index contributed by atoms with van der Waals surface area (Å²) in [5.74, 6) is 0.286. The third kappa shape index (κ3) is 2.77. The van der Waals surface area contributed by atoms with Gasteiger partial charge in [0.1, 0.15) is 0 Å². The highest BCUT2D eigenvalue weighted by molar-refractivity contribution is 5.84. The first-order chi connectivity index (χ1) is 13.7. The van der Waals surface area contributed by atoms with Crippen LogP contribution in [0, 0.1) is 12.8 Å². The van der Waals surface area contributed by atoms with Gasteiger partial charge in [-0.3, -0.25) is 0 Å².